The molecular weight excluding hydrogens is 300 g/mol. The minimum atomic E-state index is -3.41. The molecule has 1 rings (SSSR count). The normalized spacial score (nSPS) is 14.6. The van der Waals surface area contributed by atoms with Gasteiger partial charge in [-0.25, -0.2) is 13.1 Å². The molecule has 1 amide bonds. The molecule has 0 saturated carbocycles. The Kier molecular flexibility index (Phi) is 6.56. The van der Waals surface area contributed by atoms with Crippen molar-refractivity contribution in [2.75, 3.05) is 6.26 Å². The third kappa shape index (κ3) is 6.15. The minimum Gasteiger partial charge on any atom is -0.348 e. The van der Waals surface area contributed by atoms with Crippen LogP contribution in [0.2, 0.25) is 0 Å². The van der Waals surface area contributed by atoms with Gasteiger partial charge in [0.1, 0.15) is 0 Å². The Hall–Kier alpha value is -1.40. The number of hydrogen-bond acceptors (Lipinski definition) is 3. The molecule has 1 aromatic rings. The average molecular weight is 326 g/mol. The van der Waals surface area contributed by atoms with Gasteiger partial charge in [0.25, 0.3) is 0 Å². The first-order valence-electron chi connectivity index (χ1n) is 7.43. The first-order valence-corrected chi connectivity index (χ1v) is 9.32. The molecule has 0 bridgehead atoms. The van der Waals surface area contributed by atoms with Crippen LogP contribution in [0, 0.1) is 12.8 Å². The van der Waals surface area contributed by atoms with Crippen LogP contribution in [0.25, 0.3) is 0 Å². The lowest BCUT2D eigenvalue weighted by molar-refractivity contribution is -0.123. The van der Waals surface area contributed by atoms with Gasteiger partial charge in [0, 0.05) is 0 Å². The van der Waals surface area contributed by atoms with E-state index < -0.39 is 16.1 Å². The van der Waals surface area contributed by atoms with E-state index in [1.807, 2.05) is 31.2 Å². The molecule has 1 aromatic carbocycles. The predicted molar refractivity (Wildman–Crippen MR) is 89.0 cm³/mol. The van der Waals surface area contributed by atoms with Gasteiger partial charge in [-0.05, 0) is 37.3 Å². The van der Waals surface area contributed by atoms with Crippen LogP contribution in [0.5, 0.6) is 0 Å². The predicted octanol–water partition coefficient (Wildman–Crippen LogP) is 2.14. The Labute approximate surface area is 133 Å². The third-order valence-electron chi connectivity index (χ3n) is 3.37. The molecule has 0 spiro atoms. The van der Waals surface area contributed by atoms with Gasteiger partial charge in [-0.1, -0.05) is 38.1 Å². The van der Waals surface area contributed by atoms with E-state index in [2.05, 4.69) is 23.9 Å². The van der Waals surface area contributed by atoms with Crippen molar-refractivity contribution in [2.24, 2.45) is 5.92 Å². The zero-order valence-corrected chi connectivity index (χ0v) is 14.7. The lowest BCUT2D eigenvalue weighted by Crippen LogP contribution is -2.45. The highest BCUT2D eigenvalue weighted by molar-refractivity contribution is 7.88. The fraction of sp³-hybridized carbons (Fsp3) is 0.562. The number of carbonyl (C=O) groups excluding carboxylic acids is 1. The maximum atomic E-state index is 12.3. The highest BCUT2D eigenvalue weighted by Gasteiger charge is 2.22. The van der Waals surface area contributed by atoms with Gasteiger partial charge in [-0.3, -0.25) is 4.79 Å². The van der Waals surface area contributed by atoms with Crippen molar-refractivity contribution in [3.05, 3.63) is 35.4 Å². The first-order chi connectivity index (χ1) is 10.1. The largest absolute Gasteiger partial charge is 0.348 e. The molecule has 0 unspecified atom stereocenters. The van der Waals surface area contributed by atoms with Gasteiger partial charge in [-0.2, -0.15) is 0 Å². The summed E-state index contributed by atoms with van der Waals surface area (Å²) < 4.78 is 24.8. The molecule has 124 valence electrons. The molecular formula is C16H26N2O3S. The van der Waals surface area contributed by atoms with Crippen LogP contribution in [-0.2, 0) is 14.8 Å². The zero-order valence-electron chi connectivity index (χ0n) is 13.9. The second kappa shape index (κ2) is 7.74. The van der Waals surface area contributed by atoms with E-state index in [-0.39, 0.29) is 11.9 Å². The van der Waals surface area contributed by atoms with Crippen molar-refractivity contribution in [1.29, 1.82) is 0 Å². The smallest absolute Gasteiger partial charge is 0.238 e. The number of hydrogen-bond donors (Lipinski definition) is 2. The van der Waals surface area contributed by atoms with Crippen LogP contribution in [0.4, 0.5) is 0 Å². The van der Waals surface area contributed by atoms with E-state index >= 15 is 0 Å². The Bertz CT molecular complexity index is 612. The Balaban J connectivity index is 2.91. The standard InChI is InChI=1S/C16H26N2O3S/c1-11(2)10-15(14-9-7-6-8-12(14)3)17-16(19)13(4)18-22(5,20)21/h6-9,11,13,15,18H,10H2,1-5H3,(H,17,19)/t13-,15-/m1/s1. The molecule has 0 aliphatic rings. The maximum absolute atomic E-state index is 12.3. The van der Waals surface area contributed by atoms with Crippen molar-refractivity contribution in [3.63, 3.8) is 0 Å². The van der Waals surface area contributed by atoms with Crippen molar-refractivity contribution in [3.8, 4) is 0 Å². The molecule has 0 fully saturated rings. The van der Waals surface area contributed by atoms with Crippen LogP contribution in [0.3, 0.4) is 0 Å². The summed E-state index contributed by atoms with van der Waals surface area (Å²) in [6, 6.07) is 6.98. The molecule has 2 atom stereocenters. The molecule has 0 radical (unpaired) electrons. The van der Waals surface area contributed by atoms with E-state index in [0.717, 1.165) is 23.8 Å². The van der Waals surface area contributed by atoms with Gasteiger partial charge < -0.3 is 5.32 Å². The fourth-order valence-corrected chi connectivity index (χ4v) is 3.13. The molecule has 0 saturated heterocycles. The van der Waals surface area contributed by atoms with Crippen molar-refractivity contribution >= 4 is 15.9 Å². The van der Waals surface area contributed by atoms with Crippen molar-refractivity contribution in [2.45, 2.75) is 46.2 Å². The van der Waals surface area contributed by atoms with Gasteiger partial charge in [0.15, 0.2) is 0 Å². The topological polar surface area (TPSA) is 75.3 Å². The Morgan fingerprint density at radius 2 is 1.77 bits per heavy atom. The summed E-state index contributed by atoms with van der Waals surface area (Å²) in [5.41, 5.74) is 2.17. The summed E-state index contributed by atoms with van der Waals surface area (Å²) in [6.45, 7) is 7.74. The van der Waals surface area contributed by atoms with E-state index in [4.69, 9.17) is 0 Å². The third-order valence-corrected chi connectivity index (χ3v) is 4.15. The average Bonchev–Trinajstić information content (AvgIpc) is 2.35. The van der Waals surface area contributed by atoms with E-state index in [0.29, 0.717) is 5.92 Å². The van der Waals surface area contributed by atoms with Crippen LogP contribution in [-0.4, -0.2) is 26.6 Å². The summed E-state index contributed by atoms with van der Waals surface area (Å²) in [5.74, 6) is 0.0856. The summed E-state index contributed by atoms with van der Waals surface area (Å²) >= 11 is 0. The van der Waals surface area contributed by atoms with E-state index in [1.54, 1.807) is 6.92 Å². The van der Waals surface area contributed by atoms with Gasteiger partial charge >= 0.3 is 0 Å². The van der Waals surface area contributed by atoms with E-state index in [1.165, 1.54) is 0 Å². The zero-order chi connectivity index (χ0) is 16.9. The van der Waals surface area contributed by atoms with Gasteiger partial charge in [-0.15, -0.1) is 0 Å². The van der Waals surface area contributed by atoms with Crippen LogP contribution >= 0.6 is 0 Å². The molecule has 22 heavy (non-hydrogen) atoms. The molecule has 0 aliphatic heterocycles. The second-order valence-corrected chi connectivity index (χ2v) is 7.94. The monoisotopic (exact) mass is 326 g/mol. The first kappa shape index (κ1) is 18.6. The lowest BCUT2D eigenvalue weighted by atomic mass is 9.93. The molecule has 5 nitrogen and oxygen atoms in total. The number of sulfonamides is 1. The Morgan fingerprint density at radius 3 is 2.27 bits per heavy atom. The maximum Gasteiger partial charge on any atom is 0.238 e. The highest BCUT2D eigenvalue weighted by Crippen LogP contribution is 2.24. The number of aryl methyl sites for hydroxylation is 1. The van der Waals surface area contributed by atoms with Gasteiger partial charge in [0.2, 0.25) is 15.9 Å². The van der Waals surface area contributed by atoms with Crippen LogP contribution < -0.4 is 10.0 Å². The molecule has 2 N–H and O–H groups in total. The summed E-state index contributed by atoms with van der Waals surface area (Å²) in [5, 5.41) is 2.96. The number of benzene rings is 1. The quantitative estimate of drug-likeness (QED) is 0.806. The van der Waals surface area contributed by atoms with Crippen LogP contribution in [0.15, 0.2) is 24.3 Å². The summed E-state index contributed by atoms with van der Waals surface area (Å²) in [7, 11) is -3.41. The molecule has 0 heterocycles. The molecule has 6 heteroatoms. The van der Waals surface area contributed by atoms with Crippen LogP contribution in [0.1, 0.15) is 44.4 Å². The number of amides is 1. The SMILES string of the molecule is Cc1ccccc1[C@@H](CC(C)C)NC(=O)[C@@H](C)NS(C)(=O)=O. The second-order valence-electron chi connectivity index (χ2n) is 6.16. The number of rotatable bonds is 7. The minimum absolute atomic E-state index is 0.127. The van der Waals surface area contributed by atoms with Crippen molar-refractivity contribution in [1.82, 2.24) is 10.0 Å². The highest BCUT2D eigenvalue weighted by atomic mass is 32.2. The van der Waals surface area contributed by atoms with E-state index in [9.17, 15) is 13.2 Å². The fourth-order valence-electron chi connectivity index (χ4n) is 2.38. The summed E-state index contributed by atoms with van der Waals surface area (Å²) in [6.07, 6.45) is 1.84. The number of carbonyl (C=O) groups is 1. The summed E-state index contributed by atoms with van der Waals surface area (Å²) in [4.78, 5) is 12.3. The molecule has 0 aromatic heterocycles. The van der Waals surface area contributed by atoms with Gasteiger partial charge in [0.05, 0.1) is 18.3 Å². The lowest BCUT2D eigenvalue weighted by Gasteiger charge is -2.24. The number of nitrogens with one attached hydrogen (secondary N) is 2. The molecule has 0 aliphatic carbocycles. The Morgan fingerprint density at radius 1 is 1.18 bits per heavy atom. The van der Waals surface area contributed by atoms with Crippen molar-refractivity contribution < 1.29 is 13.2 Å².